The fourth-order valence-corrected chi connectivity index (χ4v) is 4.91. The Morgan fingerprint density at radius 3 is 2.88 bits per heavy atom. The number of nitrogens with one attached hydrogen (secondary N) is 1. The van der Waals surface area contributed by atoms with Crippen molar-refractivity contribution in [2.45, 2.75) is 45.4 Å². The van der Waals surface area contributed by atoms with Gasteiger partial charge in [-0.2, -0.15) is 0 Å². The molecule has 0 unspecified atom stereocenters. The number of ether oxygens (including phenoxy) is 1. The summed E-state index contributed by atoms with van der Waals surface area (Å²) in [6.07, 6.45) is 9.30. The second-order valence-electron chi connectivity index (χ2n) is 6.24. The van der Waals surface area contributed by atoms with Crippen LogP contribution in [0.5, 0.6) is 0 Å². The van der Waals surface area contributed by atoms with E-state index in [1.165, 1.54) is 28.7 Å². The summed E-state index contributed by atoms with van der Waals surface area (Å²) in [5.41, 5.74) is 1.64. The minimum Gasteiger partial charge on any atom is -0.462 e. The first kappa shape index (κ1) is 18.9. The SMILES string of the molecule is CCCOC(=O)c1c(NC(=O)/C=C/c2cccs2)sc2c1CCCCC2. The molecule has 138 valence electrons. The molecule has 0 aromatic carbocycles. The van der Waals surface area contributed by atoms with E-state index in [4.69, 9.17) is 4.74 Å². The summed E-state index contributed by atoms with van der Waals surface area (Å²) >= 11 is 3.10. The van der Waals surface area contributed by atoms with Crippen molar-refractivity contribution in [2.24, 2.45) is 0 Å². The van der Waals surface area contributed by atoms with Crippen LogP contribution >= 0.6 is 22.7 Å². The molecular weight excluding hydrogens is 366 g/mol. The van der Waals surface area contributed by atoms with E-state index in [1.54, 1.807) is 17.4 Å². The van der Waals surface area contributed by atoms with Gasteiger partial charge in [0.25, 0.3) is 0 Å². The van der Waals surface area contributed by atoms with E-state index in [0.717, 1.165) is 42.5 Å². The lowest BCUT2D eigenvalue weighted by atomic mass is 10.1. The van der Waals surface area contributed by atoms with Crippen LogP contribution in [0.3, 0.4) is 0 Å². The Hall–Kier alpha value is -1.92. The van der Waals surface area contributed by atoms with Crippen molar-refractivity contribution in [3.63, 3.8) is 0 Å². The predicted molar refractivity (Wildman–Crippen MR) is 108 cm³/mol. The molecule has 0 fully saturated rings. The van der Waals surface area contributed by atoms with Crippen molar-refractivity contribution >= 4 is 45.6 Å². The first-order valence-electron chi connectivity index (χ1n) is 9.03. The van der Waals surface area contributed by atoms with Gasteiger partial charge in [-0.25, -0.2) is 4.79 Å². The number of esters is 1. The van der Waals surface area contributed by atoms with Crippen LogP contribution in [0.1, 0.15) is 58.3 Å². The van der Waals surface area contributed by atoms with Gasteiger partial charge in [-0.3, -0.25) is 4.79 Å². The number of amides is 1. The highest BCUT2D eigenvalue weighted by atomic mass is 32.1. The summed E-state index contributed by atoms with van der Waals surface area (Å²) in [4.78, 5) is 27.2. The highest BCUT2D eigenvalue weighted by Gasteiger charge is 2.26. The number of fused-ring (bicyclic) bond motifs is 1. The Morgan fingerprint density at radius 1 is 1.27 bits per heavy atom. The number of anilines is 1. The highest BCUT2D eigenvalue weighted by molar-refractivity contribution is 7.17. The molecule has 1 aliphatic rings. The van der Waals surface area contributed by atoms with Gasteiger partial charge in [0, 0.05) is 15.8 Å². The first-order valence-corrected chi connectivity index (χ1v) is 10.7. The molecule has 0 saturated carbocycles. The third kappa shape index (κ3) is 4.62. The average Bonchev–Trinajstić information content (AvgIpc) is 3.20. The molecule has 3 rings (SSSR count). The molecule has 0 atom stereocenters. The van der Waals surface area contributed by atoms with E-state index >= 15 is 0 Å². The van der Waals surface area contributed by atoms with Crippen molar-refractivity contribution < 1.29 is 14.3 Å². The largest absolute Gasteiger partial charge is 0.462 e. The predicted octanol–water partition coefficient (Wildman–Crippen LogP) is 5.30. The number of hydrogen-bond acceptors (Lipinski definition) is 5. The molecule has 1 N–H and O–H groups in total. The monoisotopic (exact) mass is 389 g/mol. The molecule has 0 saturated heterocycles. The highest BCUT2D eigenvalue weighted by Crippen LogP contribution is 2.38. The Bertz CT molecular complexity index is 790. The standard InChI is InChI=1S/C20H23NO3S2/c1-2-12-24-20(23)18-15-8-4-3-5-9-16(15)26-19(18)21-17(22)11-10-14-7-6-13-25-14/h6-7,10-11,13H,2-5,8-9,12H2,1H3,(H,21,22)/b11-10+. The van der Waals surface area contributed by atoms with Gasteiger partial charge >= 0.3 is 5.97 Å². The molecular formula is C20H23NO3S2. The van der Waals surface area contributed by atoms with Gasteiger partial charge < -0.3 is 10.1 Å². The van der Waals surface area contributed by atoms with Crippen molar-refractivity contribution in [3.05, 3.63) is 44.5 Å². The van der Waals surface area contributed by atoms with Crippen molar-refractivity contribution in [3.8, 4) is 0 Å². The smallest absolute Gasteiger partial charge is 0.341 e. The quantitative estimate of drug-likeness (QED) is 0.414. The van der Waals surface area contributed by atoms with Gasteiger partial charge in [-0.05, 0) is 55.2 Å². The third-order valence-corrected chi connectivity index (χ3v) is 6.29. The van der Waals surface area contributed by atoms with E-state index < -0.39 is 0 Å². The molecule has 26 heavy (non-hydrogen) atoms. The van der Waals surface area contributed by atoms with Crippen LogP contribution < -0.4 is 5.32 Å². The lowest BCUT2D eigenvalue weighted by Gasteiger charge is -2.08. The van der Waals surface area contributed by atoms with E-state index in [0.29, 0.717) is 17.2 Å². The summed E-state index contributed by atoms with van der Waals surface area (Å²) < 4.78 is 5.38. The van der Waals surface area contributed by atoms with E-state index in [9.17, 15) is 9.59 Å². The van der Waals surface area contributed by atoms with Crippen LogP contribution in [-0.2, 0) is 22.4 Å². The summed E-state index contributed by atoms with van der Waals surface area (Å²) in [5.74, 6) is -0.539. The molecule has 2 aromatic heterocycles. The fraction of sp³-hybridized carbons (Fsp3) is 0.400. The lowest BCUT2D eigenvalue weighted by Crippen LogP contribution is -2.13. The maximum atomic E-state index is 12.6. The summed E-state index contributed by atoms with van der Waals surface area (Å²) in [6.45, 7) is 2.37. The van der Waals surface area contributed by atoms with Gasteiger partial charge in [0.05, 0.1) is 12.2 Å². The van der Waals surface area contributed by atoms with Crippen molar-refractivity contribution in [1.29, 1.82) is 0 Å². The number of carbonyl (C=O) groups excluding carboxylic acids is 2. The molecule has 0 spiro atoms. The Balaban J connectivity index is 1.83. The molecule has 2 heterocycles. The zero-order valence-electron chi connectivity index (χ0n) is 14.9. The minimum atomic E-state index is -0.316. The molecule has 0 bridgehead atoms. The topological polar surface area (TPSA) is 55.4 Å². The van der Waals surface area contributed by atoms with Crippen molar-refractivity contribution in [2.75, 3.05) is 11.9 Å². The van der Waals surface area contributed by atoms with E-state index in [1.807, 2.05) is 24.4 Å². The maximum Gasteiger partial charge on any atom is 0.341 e. The van der Waals surface area contributed by atoms with Crippen LogP contribution in [0.4, 0.5) is 5.00 Å². The first-order chi connectivity index (χ1) is 12.7. The second kappa shape index (κ2) is 9.14. The molecule has 0 aliphatic heterocycles. The van der Waals surface area contributed by atoms with Crippen LogP contribution in [-0.4, -0.2) is 18.5 Å². The zero-order chi connectivity index (χ0) is 18.4. The summed E-state index contributed by atoms with van der Waals surface area (Å²) in [5, 5.41) is 5.50. The van der Waals surface area contributed by atoms with Gasteiger partial charge in [0.2, 0.25) is 5.91 Å². The number of hydrogen-bond donors (Lipinski definition) is 1. The van der Waals surface area contributed by atoms with Gasteiger partial charge in [-0.1, -0.05) is 19.4 Å². The van der Waals surface area contributed by atoms with E-state index in [-0.39, 0.29) is 11.9 Å². The van der Waals surface area contributed by atoms with Crippen LogP contribution in [0.15, 0.2) is 23.6 Å². The molecule has 1 amide bonds. The Labute approximate surface area is 161 Å². The summed E-state index contributed by atoms with van der Waals surface area (Å²) in [6, 6.07) is 3.90. The molecule has 4 nitrogen and oxygen atoms in total. The summed E-state index contributed by atoms with van der Waals surface area (Å²) in [7, 11) is 0. The van der Waals surface area contributed by atoms with Crippen LogP contribution in [0, 0.1) is 0 Å². The van der Waals surface area contributed by atoms with Gasteiger partial charge in [0.15, 0.2) is 0 Å². The number of thiophene rings is 2. The number of carbonyl (C=O) groups is 2. The van der Waals surface area contributed by atoms with Crippen LogP contribution in [0.25, 0.3) is 6.08 Å². The number of aryl methyl sites for hydroxylation is 1. The van der Waals surface area contributed by atoms with E-state index in [2.05, 4.69) is 5.32 Å². The van der Waals surface area contributed by atoms with Gasteiger partial charge in [-0.15, -0.1) is 22.7 Å². The second-order valence-corrected chi connectivity index (χ2v) is 8.33. The van der Waals surface area contributed by atoms with Crippen molar-refractivity contribution in [1.82, 2.24) is 0 Å². The third-order valence-electron chi connectivity index (χ3n) is 4.24. The zero-order valence-corrected chi connectivity index (χ0v) is 16.5. The van der Waals surface area contributed by atoms with Gasteiger partial charge in [0.1, 0.15) is 5.00 Å². The lowest BCUT2D eigenvalue weighted by molar-refractivity contribution is -0.111. The Morgan fingerprint density at radius 2 is 2.12 bits per heavy atom. The number of rotatable bonds is 6. The fourth-order valence-electron chi connectivity index (χ4n) is 3.01. The molecule has 0 radical (unpaired) electrons. The average molecular weight is 390 g/mol. The maximum absolute atomic E-state index is 12.6. The molecule has 2 aromatic rings. The van der Waals surface area contributed by atoms with Crippen LogP contribution in [0.2, 0.25) is 0 Å². The Kier molecular flexibility index (Phi) is 6.63. The normalized spacial score (nSPS) is 14.0. The minimum absolute atomic E-state index is 0.223. The molecule has 6 heteroatoms. The molecule has 1 aliphatic carbocycles.